The number of hydrogen-bond acceptors (Lipinski definition) is 5. The van der Waals surface area contributed by atoms with E-state index in [1.54, 1.807) is 20.8 Å². The smallest absolute Gasteiger partial charge is 0.408 e. The molecule has 1 fully saturated rings. The van der Waals surface area contributed by atoms with Gasteiger partial charge in [0.2, 0.25) is 5.91 Å². The Morgan fingerprint density at radius 3 is 2.28 bits per heavy atom. The molecule has 0 radical (unpaired) electrons. The molecule has 0 bridgehead atoms. The molecule has 1 heterocycles. The first kappa shape index (κ1) is 21.6. The fourth-order valence-corrected chi connectivity index (χ4v) is 3.38. The largest absolute Gasteiger partial charge is 0.480 e. The van der Waals surface area contributed by atoms with Crippen molar-refractivity contribution in [2.75, 3.05) is 24.6 Å². The lowest BCUT2D eigenvalue weighted by molar-refractivity contribution is -0.139. The average Bonchev–Trinajstić information content (AvgIpc) is 2.77. The zero-order valence-corrected chi connectivity index (χ0v) is 16.2. The van der Waals surface area contributed by atoms with Crippen LogP contribution in [0.1, 0.15) is 52.9 Å². The summed E-state index contributed by atoms with van der Waals surface area (Å²) in [4.78, 5) is 37.0. The van der Waals surface area contributed by atoms with Crippen molar-refractivity contribution in [2.45, 2.75) is 64.5 Å². The van der Waals surface area contributed by atoms with E-state index in [9.17, 15) is 19.5 Å². The summed E-state index contributed by atoms with van der Waals surface area (Å²) in [7, 11) is 0. The second-order valence-corrected chi connectivity index (χ2v) is 8.28. The predicted molar refractivity (Wildman–Crippen MR) is 97.8 cm³/mol. The maximum absolute atomic E-state index is 12.2. The normalized spacial score (nSPS) is 16.7. The molecule has 7 nitrogen and oxygen atoms in total. The Kier molecular flexibility index (Phi) is 9.10. The standard InChI is InChI=1S/C17H30N2O5S/c1-17(2,3)24-16(23)18-13(15(21)22)8-11-25-12-14(20)19-9-6-4-5-7-10-19/h13H,4-12H2,1-3H3,(H,18,23)(H,21,22). The van der Waals surface area contributed by atoms with Crippen molar-refractivity contribution in [3.8, 4) is 0 Å². The Balaban J connectivity index is 2.31. The van der Waals surface area contributed by atoms with Crippen molar-refractivity contribution in [3.05, 3.63) is 0 Å². The molecular weight excluding hydrogens is 344 g/mol. The fourth-order valence-electron chi connectivity index (χ4n) is 2.48. The quantitative estimate of drug-likeness (QED) is 0.665. The summed E-state index contributed by atoms with van der Waals surface area (Å²) in [6.45, 7) is 6.78. The Bertz CT molecular complexity index is 456. The van der Waals surface area contributed by atoms with Gasteiger partial charge in [0.15, 0.2) is 0 Å². The van der Waals surface area contributed by atoms with E-state index in [4.69, 9.17) is 4.74 Å². The van der Waals surface area contributed by atoms with Gasteiger partial charge in [-0.25, -0.2) is 9.59 Å². The fraction of sp³-hybridized carbons (Fsp3) is 0.824. The second kappa shape index (κ2) is 10.5. The number of nitrogens with zero attached hydrogens (tertiary/aromatic N) is 1. The summed E-state index contributed by atoms with van der Waals surface area (Å²) in [5.74, 6) is -0.172. The molecule has 0 aromatic rings. The van der Waals surface area contributed by atoms with Crippen LogP contribution < -0.4 is 5.32 Å². The van der Waals surface area contributed by atoms with Gasteiger partial charge < -0.3 is 20.1 Å². The van der Waals surface area contributed by atoms with Crippen molar-refractivity contribution < 1.29 is 24.2 Å². The van der Waals surface area contributed by atoms with E-state index in [0.29, 0.717) is 11.5 Å². The van der Waals surface area contributed by atoms with Gasteiger partial charge >= 0.3 is 12.1 Å². The van der Waals surface area contributed by atoms with Gasteiger partial charge in [0.1, 0.15) is 11.6 Å². The first-order valence-electron chi connectivity index (χ1n) is 8.77. The highest BCUT2D eigenvalue weighted by Gasteiger charge is 2.24. The van der Waals surface area contributed by atoms with Crippen molar-refractivity contribution in [3.63, 3.8) is 0 Å². The third kappa shape index (κ3) is 9.57. The van der Waals surface area contributed by atoms with Crippen LogP contribution in [0.2, 0.25) is 0 Å². The molecule has 1 rings (SSSR count). The summed E-state index contributed by atoms with van der Waals surface area (Å²) < 4.78 is 5.07. The molecule has 0 saturated carbocycles. The molecular formula is C17H30N2O5S. The van der Waals surface area contributed by atoms with Gasteiger partial charge in [-0.2, -0.15) is 11.8 Å². The number of alkyl carbamates (subject to hydrolysis) is 1. The maximum Gasteiger partial charge on any atom is 0.408 e. The van der Waals surface area contributed by atoms with Crippen LogP contribution in [0.3, 0.4) is 0 Å². The highest BCUT2D eigenvalue weighted by molar-refractivity contribution is 7.99. The number of carbonyl (C=O) groups excluding carboxylic acids is 2. The second-order valence-electron chi connectivity index (χ2n) is 7.17. The van der Waals surface area contributed by atoms with Gasteiger partial charge in [0.05, 0.1) is 5.75 Å². The molecule has 1 aliphatic rings. The minimum absolute atomic E-state index is 0.110. The molecule has 0 aromatic carbocycles. The molecule has 1 atom stereocenters. The minimum atomic E-state index is -1.11. The van der Waals surface area contributed by atoms with Crippen LogP contribution in [-0.4, -0.2) is 64.2 Å². The highest BCUT2D eigenvalue weighted by atomic mass is 32.2. The van der Waals surface area contributed by atoms with E-state index in [0.717, 1.165) is 25.9 Å². The minimum Gasteiger partial charge on any atom is -0.480 e. The Morgan fingerprint density at radius 1 is 1.16 bits per heavy atom. The summed E-state index contributed by atoms with van der Waals surface area (Å²) in [5, 5.41) is 11.6. The highest BCUT2D eigenvalue weighted by Crippen LogP contribution is 2.13. The van der Waals surface area contributed by atoms with E-state index in [-0.39, 0.29) is 12.3 Å². The topological polar surface area (TPSA) is 95.9 Å². The van der Waals surface area contributed by atoms with Crippen LogP contribution in [0.4, 0.5) is 4.79 Å². The van der Waals surface area contributed by atoms with Crippen molar-refractivity contribution >= 4 is 29.7 Å². The van der Waals surface area contributed by atoms with Crippen LogP contribution >= 0.6 is 11.8 Å². The number of carboxylic acid groups (broad SMARTS) is 1. The van der Waals surface area contributed by atoms with Crippen LogP contribution in [0.15, 0.2) is 0 Å². The summed E-state index contributed by atoms with van der Waals surface area (Å²) in [5.41, 5.74) is -0.679. The van der Waals surface area contributed by atoms with Crippen LogP contribution in [0.25, 0.3) is 0 Å². The lowest BCUT2D eigenvalue weighted by Crippen LogP contribution is -2.43. The van der Waals surface area contributed by atoms with E-state index >= 15 is 0 Å². The zero-order valence-electron chi connectivity index (χ0n) is 15.4. The van der Waals surface area contributed by atoms with E-state index in [2.05, 4.69) is 5.32 Å². The van der Waals surface area contributed by atoms with Gasteiger partial charge in [-0.15, -0.1) is 0 Å². The maximum atomic E-state index is 12.2. The molecule has 1 aliphatic heterocycles. The number of ether oxygens (including phenoxy) is 1. The molecule has 0 aromatic heterocycles. The number of hydrogen-bond donors (Lipinski definition) is 2. The molecule has 2 N–H and O–H groups in total. The number of aliphatic carboxylic acids is 1. The first-order chi connectivity index (χ1) is 11.7. The van der Waals surface area contributed by atoms with Gasteiger partial charge in [-0.1, -0.05) is 12.8 Å². The van der Waals surface area contributed by atoms with Crippen molar-refractivity contribution in [1.82, 2.24) is 10.2 Å². The predicted octanol–water partition coefficient (Wildman–Crippen LogP) is 2.49. The number of amides is 2. The molecule has 1 saturated heterocycles. The molecule has 2 amide bonds. The summed E-state index contributed by atoms with van der Waals surface area (Å²) in [6, 6.07) is -1.02. The van der Waals surface area contributed by atoms with Gasteiger partial charge in [0.25, 0.3) is 0 Å². The lowest BCUT2D eigenvalue weighted by atomic mass is 10.2. The van der Waals surface area contributed by atoms with Gasteiger partial charge in [0, 0.05) is 13.1 Å². The molecule has 144 valence electrons. The monoisotopic (exact) mass is 374 g/mol. The van der Waals surface area contributed by atoms with Crippen molar-refractivity contribution in [2.24, 2.45) is 0 Å². The third-order valence-corrected chi connectivity index (χ3v) is 4.70. The summed E-state index contributed by atoms with van der Waals surface area (Å²) >= 11 is 1.40. The lowest BCUT2D eigenvalue weighted by Gasteiger charge is -2.22. The van der Waals surface area contributed by atoms with Crippen LogP contribution in [0, 0.1) is 0 Å². The van der Waals surface area contributed by atoms with E-state index in [1.807, 2.05) is 4.90 Å². The van der Waals surface area contributed by atoms with Crippen LogP contribution in [0.5, 0.6) is 0 Å². The summed E-state index contributed by atoms with van der Waals surface area (Å²) in [6.07, 6.45) is 3.95. The third-order valence-electron chi connectivity index (χ3n) is 3.72. The molecule has 25 heavy (non-hydrogen) atoms. The number of carboxylic acids is 1. The van der Waals surface area contributed by atoms with Gasteiger partial charge in [-0.05, 0) is 45.8 Å². The average molecular weight is 375 g/mol. The van der Waals surface area contributed by atoms with Gasteiger partial charge in [-0.3, -0.25) is 4.79 Å². The number of carbonyl (C=O) groups is 3. The Labute approximate surface area is 153 Å². The molecule has 1 unspecified atom stereocenters. The number of rotatable bonds is 7. The Hall–Kier alpha value is -1.44. The van der Waals surface area contributed by atoms with Crippen LogP contribution in [-0.2, 0) is 14.3 Å². The Morgan fingerprint density at radius 2 is 1.76 bits per heavy atom. The van der Waals surface area contributed by atoms with E-state index < -0.39 is 23.7 Å². The first-order valence-corrected chi connectivity index (χ1v) is 9.92. The zero-order chi connectivity index (χ0) is 18.9. The van der Waals surface area contributed by atoms with Crippen molar-refractivity contribution in [1.29, 1.82) is 0 Å². The SMILES string of the molecule is CC(C)(C)OC(=O)NC(CCSCC(=O)N1CCCCCC1)C(=O)O. The number of nitrogens with one attached hydrogen (secondary N) is 1. The number of thioether (sulfide) groups is 1. The molecule has 8 heteroatoms. The molecule has 0 aliphatic carbocycles. The number of likely N-dealkylation sites (tertiary alicyclic amines) is 1. The molecule has 0 spiro atoms. The van der Waals surface area contributed by atoms with E-state index in [1.165, 1.54) is 24.6 Å².